The Morgan fingerprint density at radius 1 is 1.03 bits per heavy atom. The normalized spacial score (nSPS) is 22.5. The van der Waals surface area contributed by atoms with Crippen LogP contribution in [0.15, 0.2) is 54.6 Å². The van der Waals surface area contributed by atoms with Crippen LogP contribution < -0.4 is 15.1 Å². The predicted molar refractivity (Wildman–Crippen MR) is 119 cm³/mol. The van der Waals surface area contributed by atoms with Crippen molar-refractivity contribution in [3.63, 3.8) is 0 Å². The number of morpholine rings is 1. The third-order valence-corrected chi connectivity index (χ3v) is 6.22. The number of quaternary nitrogens is 1. The van der Waals surface area contributed by atoms with Crippen LogP contribution in [0.3, 0.4) is 0 Å². The van der Waals surface area contributed by atoms with Crippen molar-refractivity contribution in [1.29, 1.82) is 0 Å². The highest BCUT2D eigenvalue weighted by atomic mass is 16.5. The number of anilines is 1. The molecule has 1 unspecified atom stereocenters. The number of hydrogen-bond donors (Lipinski definition) is 2. The highest BCUT2D eigenvalue weighted by Crippen LogP contribution is 2.31. The minimum Gasteiger partial charge on any atom is -0.378 e. The lowest BCUT2D eigenvalue weighted by Gasteiger charge is -2.29. The molecule has 0 aromatic heterocycles. The van der Waals surface area contributed by atoms with Gasteiger partial charge in [-0.2, -0.15) is 0 Å². The third-order valence-electron chi connectivity index (χ3n) is 6.22. The monoisotopic (exact) mass is 423 g/mol. The molecule has 0 aliphatic carbocycles. The quantitative estimate of drug-likeness (QED) is 0.660. The van der Waals surface area contributed by atoms with Gasteiger partial charge < -0.3 is 19.9 Å². The Kier molecular flexibility index (Phi) is 6.25. The fourth-order valence-electron chi connectivity index (χ4n) is 4.45. The molecule has 2 N–H and O–H groups in total. The molecule has 2 atom stereocenters. The molecule has 2 aliphatic rings. The number of amides is 3. The Morgan fingerprint density at radius 3 is 2.35 bits per heavy atom. The summed E-state index contributed by atoms with van der Waals surface area (Å²) in [4.78, 5) is 30.7. The Labute approximate surface area is 183 Å². The summed E-state index contributed by atoms with van der Waals surface area (Å²) >= 11 is 0. The maximum atomic E-state index is 13.3. The molecule has 3 amide bonds. The van der Waals surface area contributed by atoms with E-state index < -0.39 is 5.54 Å². The predicted octanol–water partition coefficient (Wildman–Crippen LogP) is 1.35. The molecule has 2 fully saturated rings. The Bertz CT molecular complexity index is 912. The first-order valence-electron chi connectivity index (χ1n) is 11.0. The van der Waals surface area contributed by atoms with Crippen LogP contribution in [0, 0.1) is 0 Å². The molecule has 0 saturated carbocycles. The molecule has 0 radical (unpaired) electrons. The van der Waals surface area contributed by atoms with Crippen molar-refractivity contribution < 1.29 is 19.2 Å². The second kappa shape index (κ2) is 9.08. The average Bonchev–Trinajstić information content (AvgIpc) is 3.06. The Balaban J connectivity index is 1.41. The molecule has 7 heteroatoms. The molecule has 0 spiro atoms. The zero-order chi connectivity index (χ0) is 21.8. The smallest absolute Gasteiger partial charge is 0.329 e. The van der Waals surface area contributed by atoms with E-state index in [9.17, 15) is 9.59 Å². The van der Waals surface area contributed by atoms with E-state index in [0.717, 1.165) is 43.3 Å². The second-order valence-electron chi connectivity index (χ2n) is 8.35. The van der Waals surface area contributed by atoms with E-state index in [1.165, 1.54) is 16.2 Å². The minimum absolute atomic E-state index is 0.173. The van der Waals surface area contributed by atoms with E-state index in [0.29, 0.717) is 13.1 Å². The lowest BCUT2D eigenvalue weighted by atomic mass is 9.87. The van der Waals surface area contributed by atoms with Gasteiger partial charge in [-0.3, -0.25) is 4.79 Å². The molecule has 2 aromatic rings. The van der Waals surface area contributed by atoms with Gasteiger partial charge in [0.25, 0.3) is 5.91 Å². The van der Waals surface area contributed by atoms with Crippen LogP contribution in [0.25, 0.3) is 0 Å². The van der Waals surface area contributed by atoms with Gasteiger partial charge in [0.05, 0.1) is 20.3 Å². The van der Waals surface area contributed by atoms with Crippen molar-refractivity contribution in [1.82, 2.24) is 10.2 Å². The van der Waals surface area contributed by atoms with E-state index in [1.807, 2.05) is 44.3 Å². The summed E-state index contributed by atoms with van der Waals surface area (Å²) in [6.45, 7) is 6.34. The van der Waals surface area contributed by atoms with Crippen LogP contribution in [0.2, 0.25) is 0 Å². The highest BCUT2D eigenvalue weighted by Gasteiger charge is 2.52. The SMILES string of the molecule is CC[C@]1(c2ccccc2)NC(=O)N(C[NH+](C)Cc2ccc(N3CCOCC3)cc2)C1=O. The number of benzene rings is 2. The number of carbonyl (C=O) groups is 2. The van der Waals surface area contributed by atoms with Gasteiger partial charge in [-0.05, 0) is 24.1 Å². The van der Waals surface area contributed by atoms with Crippen LogP contribution >= 0.6 is 0 Å². The number of nitrogens with zero attached hydrogens (tertiary/aromatic N) is 2. The molecule has 31 heavy (non-hydrogen) atoms. The van der Waals surface area contributed by atoms with Crippen LogP contribution in [0.4, 0.5) is 10.5 Å². The fourth-order valence-corrected chi connectivity index (χ4v) is 4.45. The number of ether oxygens (including phenoxy) is 1. The summed E-state index contributed by atoms with van der Waals surface area (Å²) < 4.78 is 5.42. The van der Waals surface area contributed by atoms with Crippen LogP contribution in [0.1, 0.15) is 24.5 Å². The molecule has 164 valence electrons. The number of imide groups is 1. The molecule has 2 saturated heterocycles. The van der Waals surface area contributed by atoms with Gasteiger partial charge in [-0.15, -0.1) is 0 Å². The van der Waals surface area contributed by atoms with Crippen molar-refractivity contribution in [3.8, 4) is 0 Å². The van der Waals surface area contributed by atoms with Gasteiger partial charge in [0, 0.05) is 24.3 Å². The number of nitrogens with one attached hydrogen (secondary N) is 2. The number of urea groups is 1. The fraction of sp³-hybridized carbons (Fsp3) is 0.417. The first kappa shape index (κ1) is 21.3. The summed E-state index contributed by atoms with van der Waals surface area (Å²) in [5, 5.41) is 2.95. The maximum absolute atomic E-state index is 13.3. The van der Waals surface area contributed by atoms with Gasteiger partial charge >= 0.3 is 6.03 Å². The second-order valence-corrected chi connectivity index (χ2v) is 8.35. The largest absolute Gasteiger partial charge is 0.378 e. The molecular formula is C24H31N4O3+. The van der Waals surface area contributed by atoms with Crippen LogP contribution in [-0.4, -0.2) is 56.9 Å². The van der Waals surface area contributed by atoms with Crippen molar-refractivity contribution in [2.24, 2.45) is 0 Å². The summed E-state index contributed by atoms with van der Waals surface area (Å²) in [6.07, 6.45) is 0.514. The molecular weight excluding hydrogens is 392 g/mol. The third kappa shape index (κ3) is 4.29. The minimum atomic E-state index is -0.974. The van der Waals surface area contributed by atoms with Crippen molar-refractivity contribution in [3.05, 3.63) is 65.7 Å². The maximum Gasteiger partial charge on any atom is 0.329 e. The van der Waals surface area contributed by atoms with Crippen LogP contribution in [0.5, 0.6) is 0 Å². The van der Waals surface area contributed by atoms with Gasteiger partial charge in [-0.1, -0.05) is 49.4 Å². The molecule has 2 heterocycles. The lowest BCUT2D eigenvalue weighted by molar-refractivity contribution is -0.901. The van der Waals surface area contributed by atoms with Gasteiger partial charge in [0.2, 0.25) is 0 Å². The van der Waals surface area contributed by atoms with E-state index in [-0.39, 0.29) is 11.9 Å². The van der Waals surface area contributed by atoms with E-state index >= 15 is 0 Å². The summed E-state index contributed by atoms with van der Waals surface area (Å²) in [5.74, 6) is -0.173. The first-order chi connectivity index (χ1) is 15.0. The molecule has 0 bridgehead atoms. The average molecular weight is 424 g/mol. The zero-order valence-corrected chi connectivity index (χ0v) is 18.3. The van der Waals surface area contributed by atoms with Crippen LogP contribution in [-0.2, 0) is 21.6 Å². The van der Waals surface area contributed by atoms with Crippen molar-refractivity contribution in [2.45, 2.75) is 25.4 Å². The van der Waals surface area contributed by atoms with E-state index in [1.54, 1.807) is 0 Å². The molecule has 7 nitrogen and oxygen atoms in total. The highest BCUT2D eigenvalue weighted by molar-refractivity contribution is 6.07. The summed E-state index contributed by atoms with van der Waals surface area (Å²) in [7, 11) is 2.00. The molecule has 2 aromatic carbocycles. The van der Waals surface area contributed by atoms with Gasteiger partial charge in [0.1, 0.15) is 12.1 Å². The first-order valence-corrected chi connectivity index (χ1v) is 11.0. The summed E-state index contributed by atoms with van der Waals surface area (Å²) in [6, 6.07) is 17.7. The van der Waals surface area contributed by atoms with E-state index in [2.05, 4.69) is 34.5 Å². The Hall–Kier alpha value is -2.90. The lowest BCUT2D eigenvalue weighted by Crippen LogP contribution is -3.09. The number of rotatable bonds is 7. The standard InChI is InChI=1S/C24H30N4O3/c1-3-24(20-7-5-4-6-8-20)22(29)28(23(30)25-24)18-26(2)17-19-9-11-21(12-10-19)27-13-15-31-16-14-27/h4-12H,3,13-18H2,1-2H3,(H,25,30)/p+1/t24-/m1/s1. The van der Waals surface area contributed by atoms with E-state index in [4.69, 9.17) is 4.74 Å². The van der Waals surface area contributed by atoms with Crippen molar-refractivity contribution in [2.75, 3.05) is 44.9 Å². The topological polar surface area (TPSA) is 66.3 Å². The molecule has 4 rings (SSSR count). The number of carbonyl (C=O) groups excluding carboxylic acids is 2. The molecule has 2 aliphatic heterocycles. The Morgan fingerprint density at radius 2 is 1.71 bits per heavy atom. The summed E-state index contributed by atoms with van der Waals surface area (Å²) in [5.41, 5.74) is 2.23. The van der Waals surface area contributed by atoms with Crippen molar-refractivity contribution >= 4 is 17.6 Å². The zero-order valence-electron chi connectivity index (χ0n) is 18.3. The van der Waals surface area contributed by atoms with Gasteiger partial charge in [-0.25, -0.2) is 9.69 Å². The number of hydrogen-bond acceptors (Lipinski definition) is 4. The van der Waals surface area contributed by atoms with Gasteiger partial charge in [0.15, 0.2) is 6.67 Å².